The number of hydrogen-bond acceptors (Lipinski definition) is 2. The van der Waals surface area contributed by atoms with E-state index < -0.39 is 0 Å². The van der Waals surface area contributed by atoms with Gasteiger partial charge in [0, 0.05) is 29.2 Å². The third-order valence-corrected chi connectivity index (χ3v) is 4.31. The maximum Gasteiger partial charge on any atom is 0.189 e. The molecular formula is C20H15FN2O. The second-order valence-electron chi connectivity index (χ2n) is 5.86. The Bertz CT molecular complexity index is 925. The van der Waals surface area contributed by atoms with E-state index in [1.807, 2.05) is 41.1 Å². The average Bonchev–Trinajstić information content (AvgIpc) is 3.13. The third kappa shape index (κ3) is 2.67. The van der Waals surface area contributed by atoms with Crippen LogP contribution in [0.2, 0.25) is 0 Å². The maximum atomic E-state index is 13.4. The second-order valence-corrected chi connectivity index (χ2v) is 5.86. The molecule has 0 bridgehead atoms. The lowest BCUT2D eigenvalue weighted by Gasteiger charge is -2.17. The molecule has 1 aliphatic carbocycles. The first kappa shape index (κ1) is 14.6. The summed E-state index contributed by atoms with van der Waals surface area (Å²) in [6, 6.07) is 12.4. The molecule has 0 radical (unpaired) electrons. The normalized spacial score (nSPS) is 15.5. The molecule has 0 saturated carbocycles. The number of fused-ring (bicyclic) bond motifs is 1. The minimum atomic E-state index is -0.368. The van der Waals surface area contributed by atoms with Crippen molar-refractivity contribution >= 4 is 11.9 Å². The number of nitrogens with zero attached hydrogens (tertiary/aromatic N) is 2. The van der Waals surface area contributed by atoms with Crippen LogP contribution in [0.3, 0.4) is 0 Å². The predicted octanol–water partition coefficient (Wildman–Crippen LogP) is 4.22. The number of halogens is 1. The molecule has 1 aromatic heterocycles. The van der Waals surface area contributed by atoms with Gasteiger partial charge in [0.05, 0.1) is 6.33 Å². The molecule has 4 heteroatoms. The van der Waals surface area contributed by atoms with E-state index in [2.05, 4.69) is 4.98 Å². The fourth-order valence-electron chi connectivity index (χ4n) is 3.03. The molecule has 0 fully saturated rings. The molecule has 0 N–H and O–H groups in total. The number of allylic oxidation sites excluding steroid dienone is 1. The van der Waals surface area contributed by atoms with Crippen LogP contribution in [0.5, 0.6) is 0 Å². The van der Waals surface area contributed by atoms with Gasteiger partial charge in [0.2, 0.25) is 0 Å². The van der Waals surface area contributed by atoms with E-state index in [1.165, 1.54) is 12.1 Å². The lowest BCUT2D eigenvalue weighted by atomic mass is 9.86. The number of ketones is 1. The molecule has 0 atom stereocenters. The highest BCUT2D eigenvalue weighted by atomic mass is 19.1. The summed E-state index contributed by atoms with van der Waals surface area (Å²) in [6.07, 6.45) is 8.69. The number of carbonyl (C=O) groups is 1. The van der Waals surface area contributed by atoms with Gasteiger partial charge in [0.1, 0.15) is 5.82 Å². The summed E-state index contributed by atoms with van der Waals surface area (Å²) in [7, 11) is 0. The summed E-state index contributed by atoms with van der Waals surface area (Å²) >= 11 is 0. The highest BCUT2D eigenvalue weighted by Gasteiger charge is 2.22. The summed E-state index contributed by atoms with van der Waals surface area (Å²) in [4.78, 5) is 16.6. The van der Waals surface area contributed by atoms with Gasteiger partial charge in [-0.05, 0) is 54.3 Å². The van der Waals surface area contributed by atoms with Crippen molar-refractivity contribution in [2.45, 2.75) is 12.8 Å². The molecule has 0 spiro atoms. The van der Waals surface area contributed by atoms with Gasteiger partial charge in [-0.25, -0.2) is 9.37 Å². The fourth-order valence-corrected chi connectivity index (χ4v) is 3.03. The van der Waals surface area contributed by atoms with Gasteiger partial charge in [-0.1, -0.05) is 18.2 Å². The number of aromatic nitrogens is 2. The summed E-state index contributed by atoms with van der Waals surface area (Å²) in [5, 5.41) is 0. The zero-order chi connectivity index (χ0) is 16.5. The second kappa shape index (κ2) is 5.89. The monoisotopic (exact) mass is 318 g/mol. The predicted molar refractivity (Wildman–Crippen MR) is 90.6 cm³/mol. The van der Waals surface area contributed by atoms with Crippen LogP contribution < -0.4 is 0 Å². The van der Waals surface area contributed by atoms with Crippen molar-refractivity contribution < 1.29 is 9.18 Å². The van der Waals surface area contributed by atoms with E-state index in [-0.39, 0.29) is 11.6 Å². The number of Topliss-reactive ketones (excluding diaryl/α,β-unsaturated/α-hetero) is 1. The first-order valence-electron chi connectivity index (χ1n) is 7.83. The van der Waals surface area contributed by atoms with Gasteiger partial charge in [-0.2, -0.15) is 0 Å². The van der Waals surface area contributed by atoms with E-state index in [4.69, 9.17) is 0 Å². The molecule has 0 unspecified atom stereocenters. The Balaban J connectivity index is 1.63. The lowest BCUT2D eigenvalue weighted by molar-refractivity contribution is 0.102. The van der Waals surface area contributed by atoms with Gasteiger partial charge in [-0.15, -0.1) is 0 Å². The van der Waals surface area contributed by atoms with Crippen molar-refractivity contribution in [3.63, 3.8) is 0 Å². The summed E-state index contributed by atoms with van der Waals surface area (Å²) < 4.78 is 15.3. The highest BCUT2D eigenvalue weighted by Crippen LogP contribution is 2.27. The highest BCUT2D eigenvalue weighted by molar-refractivity contribution is 6.13. The molecular weight excluding hydrogens is 303 g/mol. The van der Waals surface area contributed by atoms with Crippen molar-refractivity contribution in [1.82, 2.24) is 9.55 Å². The van der Waals surface area contributed by atoms with Crippen molar-refractivity contribution in [1.29, 1.82) is 0 Å². The quantitative estimate of drug-likeness (QED) is 0.663. The van der Waals surface area contributed by atoms with E-state index >= 15 is 0 Å². The Kier molecular flexibility index (Phi) is 3.58. The zero-order valence-corrected chi connectivity index (χ0v) is 12.9. The molecule has 24 heavy (non-hydrogen) atoms. The number of benzene rings is 2. The first-order chi connectivity index (χ1) is 11.7. The van der Waals surface area contributed by atoms with E-state index in [9.17, 15) is 9.18 Å². The zero-order valence-electron chi connectivity index (χ0n) is 12.9. The molecule has 0 saturated heterocycles. The van der Waals surface area contributed by atoms with Crippen LogP contribution >= 0.6 is 0 Å². The minimum Gasteiger partial charge on any atom is -0.306 e. The molecule has 118 valence electrons. The first-order valence-corrected chi connectivity index (χ1v) is 7.83. The summed E-state index contributed by atoms with van der Waals surface area (Å²) in [5.41, 5.74) is 4.11. The Hall–Kier alpha value is -3.01. The smallest absolute Gasteiger partial charge is 0.189 e. The maximum absolute atomic E-state index is 13.4. The molecule has 2 aromatic carbocycles. The molecule has 4 rings (SSSR count). The molecule has 1 heterocycles. The van der Waals surface area contributed by atoms with Gasteiger partial charge in [0.25, 0.3) is 0 Å². The lowest BCUT2D eigenvalue weighted by Crippen LogP contribution is -2.14. The topological polar surface area (TPSA) is 34.9 Å². The van der Waals surface area contributed by atoms with Crippen molar-refractivity contribution in [2.75, 3.05) is 0 Å². The number of imidazole rings is 1. The van der Waals surface area contributed by atoms with Crippen LogP contribution in [0.4, 0.5) is 4.39 Å². The van der Waals surface area contributed by atoms with Gasteiger partial charge >= 0.3 is 0 Å². The van der Waals surface area contributed by atoms with Gasteiger partial charge in [0.15, 0.2) is 5.78 Å². The number of rotatable bonds is 2. The van der Waals surface area contributed by atoms with Gasteiger partial charge in [-0.3, -0.25) is 4.79 Å². The van der Waals surface area contributed by atoms with Crippen LogP contribution in [-0.2, 0) is 6.42 Å². The molecule has 0 amide bonds. The van der Waals surface area contributed by atoms with Crippen molar-refractivity contribution in [3.05, 3.63) is 89.3 Å². The van der Waals surface area contributed by atoms with E-state index in [0.717, 1.165) is 28.8 Å². The van der Waals surface area contributed by atoms with Crippen LogP contribution in [0.25, 0.3) is 11.8 Å². The number of carbonyl (C=O) groups excluding carboxylic acids is 1. The largest absolute Gasteiger partial charge is 0.306 e. The molecule has 0 aliphatic heterocycles. The van der Waals surface area contributed by atoms with Crippen LogP contribution in [0, 0.1) is 5.82 Å². The SMILES string of the molecule is O=C1C(=Cc2ccc(-n3ccnc3)cc2)CCc2ccc(F)cc21. The Morgan fingerprint density at radius 1 is 1.08 bits per heavy atom. The van der Waals surface area contributed by atoms with Crippen molar-refractivity contribution in [2.24, 2.45) is 0 Å². The van der Waals surface area contributed by atoms with Crippen LogP contribution in [-0.4, -0.2) is 15.3 Å². The summed E-state index contributed by atoms with van der Waals surface area (Å²) in [6.45, 7) is 0. The van der Waals surface area contributed by atoms with E-state index in [1.54, 1.807) is 18.6 Å². The standard InChI is InChI=1S/C20H15FN2O/c21-17-6-5-15-3-4-16(20(24)19(15)12-17)11-14-1-7-18(8-2-14)23-10-9-22-13-23/h1-2,5-13H,3-4H2. The Morgan fingerprint density at radius 3 is 2.67 bits per heavy atom. The van der Waals surface area contributed by atoms with Crippen LogP contribution in [0.1, 0.15) is 27.9 Å². The molecule has 3 nitrogen and oxygen atoms in total. The fraction of sp³-hybridized carbons (Fsp3) is 0.100. The summed E-state index contributed by atoms with van der Waals surface area (Å²) in [5.74, 6) is -0.442. The van der Waals surface area contributed by atoms with Crippen molar-refractivity contribution in [3.8, 4) is 5.69 Å². The molecule has 1 aliphatic rings. The Labute approximate surface area is 139 Å². The van der Waals surface area contributed by atoms with Crippen LogP contribution in [0.15, 0.2) is 66.8 Å². The van der Waals surface area contributed by atoms with E-state index in [0.29, 0.717) is 12.0 Å². The Morgan fingerprint density at radius 2 is 1.92 bits per heavy atom. The molecule has 3 aromatic rings. The number of aryl methyl sites for hydroxylation is 1. The number of hydrogen-bond donors (Lipinski definition) is 0. The van der Waals surface area contributed by atoms with Gasteiger partial charge < -0.3 is 4.57 Å². The third-order valence-electron chi connectivity index (χ3n) is 4.31. The average molecular weight is 318 g/mol. The minimum absolute atomic E-state index is 0.0746.